The van der Waals surface area contributed by atoms with Gasteiger partial charge in [0.2, 0.25) is 0 Å². The minimum Gasteiger partial charge on any atom is -0.497 e. The Hall–Kier alpha value is -2.33. The van der Waals surface area contributed by atoms with E-state index in [4.69, 9.17) is 4.74 Å². The minimum atomic E-state index is 0.0478. The quantitative estimate of drug-likeness (QED) is 0.707. The van der Waals surface area contributed by atoms with E-state index in [-0.39, 0.29) is 5.91 Å². The molecule has 0 N–H and O–H groups in total. The molecule has 1 amide bonds. The molecule has 0 bridgehead atoms. The van der Waals surface area contributed by atoms with Gasteiger partial charge in [-0.3, -0.25) is 4.79 Å². The Balaban J connectivity index is 1.81. The van der Waals surface area contributed by atoms with Crippen molar-refractivity contribution in [3.8, 4) is 5.75 Å². The molecule has 0 radical (unpaired) electrons. The van der Waals surface area contributed by atoms with Crippen molar-refractivity contribution in [3.05, 3.63) is 64.5 Å². The molecule has 0 aliphatic heterocycles. The van der Waals surface area contributed by atoms with Gasteiger partial charge in [0.15, 0.2) is 0 Å². The third-order valence-corrected chi connectivity index (χ3v) is 4.89. The van der Waals surface area contributed by atoms with Crippen LogP contribution >= 0.6 is 11.3 Å². The second-order valence-corrected chi connectivity index (χ2v) is 6.75. The van der Waals surface area contributed by atoms with Crippen LogP contribution in [0.3, 0.4) is 0 Å². The molecule has 3 nitrogen and oxygen atoms in total. The van der Waals surface area contributed by atoms with Crippen molar-refractivity contribution in [1.82, 2.24) is 4.90 Å². The number of aryl methyl sites for hydroxylation is 1. The number of benzene rings is 2. The molecule has 0 saturated heterocycles. The predicted molar refractivity (Wildman–Crippen MR) is 95.4 cm³/mol. The standard InChI is InChI=1S/C19H19NO2S/c1-13-5-4-6-14(9-13)12-20(2)19(21)18-11-15-10-16(22-3)7-8-17(15)23-18/h4-11H,12H2,1-3H3. The van der Waals surface area contributed by atoms with Crippen molar-refractivity contribution in [1.29, 1.82) is 0 Å². The highest BCUT2D eigenvalue weighted by Crippen LogP contribution is 2.29. The van der Waals surface area contributed by atoms with Gasteiger partial charge in [-0.15, -0.1) is 11.3 Å². The van der Waals surface area contributed by atoms with E-state index in [1.54, 1.807) is 12.0 Å². The Morgan fingerprint density at radius 3 is 2.74 bits per heavy atom. The van der Waals surface area contributed by atoms with Crippen molar-refractivity contribution >= 4 is 27.3 Å². The zero-order chi connectivity index (χ0) is 16.4. The predicted octanol–water partition coefficient (Wildman–Crippen LogP) is 4.49. The Morgan fingerprint density at radius 1 is 1.17 bits per heavy atom. The van der Waals surface area contributed by atoms with E-state index in [9.17, 15) is 4.79 Å². The van der Waals surface area contributed by atoms with Crippen molar-refractivity contribution in [3.63, 3.8) is 0 Å². The maximum Gasteiger partial charge on any atom is 0.264 e. The Kier molecular flexibility index (Phi) is 4.35. The molecule has 0 saturated carbocycles. The van der Waals surface area contributed by atoms with Gasteiger partial charge in [-0.05, 0) is 42.1 Å². The zero-order valence-electron chi connectivity index (χ0n) is 13.5. The molecule has 0 spiro atoms. The van der Waals surface area contributed by atoms with Gasteiger partial charge >= 0.3 is 0 Å². The van der Waals surface area contributed by atoms with E-state index < -0.39 is 0 Å². The van der Waals surface area contributed by atoms with Crippen LogP contribution in [0.15, 0.2) is 48.5 Å². The minimum absolute atomic E-state index is 0.0478. The van der Waals surface area contributed by atoms with Crippen LogP contribution in [0, 0.1) is 6.92 Å². The maximum atomic E-state index is 12.7. The topological polar surface area (TPSA) is 29.5 Å². The first kappa shape index (κ1) is 15.6. The van der Waals surface area contributed by atoms with Gasteiger partial charge in [-0.2, -0.15) is 0 Å². The van der Waals surface area contributed by atoms with Gasteiger partial charge in [0.25, 0.3) is 5.91 Å². The number of ether oxygens (including phenoxy) is 1. The second kappa shape index (κ2) is 6.42. The maximum absolute atomic E-state index is 12.7. The molecule has 0 fully saturated rings. The van der Waals surface area contributed by atoms with Crippen LogP contribution in [-0.2, 0) is 6.54 Å². The van der Waals surface area contributed by atoms with Gasteiger partial charge in [0.05, 0.1) is 12.0 Å². The number of nitrogens with zero attached hydrogens (tertiary/aromatic N) is 1. The molecule has 1 heterocycles. The number of hydrogen-bond acceptors (Lipinski definition) is 3. The van der Waals surface area contributed by atoms with Crippen LogP contribution < -0.4 is 4.74 Å². The zero-order valence-corrected chi connectivity index (χ0v) is 14.3. The fourth-order valence-electron chi connectivity index (χ4n) is 2.60. The van der Waals surface area contributed by atoms with Gasteiger partial charge in [0, 0.05) is 18.3 Å². The molecular weight excluding hydrogens is 306 g/mol. The lowest BCUT2D eigenvalue weighted by molar-refractivity contribution is 0.0790. The average molecular weight is 325 g/mol. The smallest absolute Gasteiger partial charge is 0.264 e. The number of rotatable bonds is 4. The number of carbonyl (C=O) groups excluding carboxylic acids is 1. The fraction of sp³-hybridized carbons (Fsp3) is 0.211. The first-order chi connectivity index (χ1) is 11.1. The monoisotopic (exact) mass is 325 g/mol. The van der Waals surface area contributed by atoms with Crippen LogP contribution in [0.2, 0.25) is 0 Å². The molecule has 4 heteroatoms. The van der Waals surface area contributed by atoms with Crippen LogP contribution in [0.5, 0.6) is 5.75 Å². The highest BCUT2D eigenvalue weighted by molar-refractivity contribution is 7.20. The molecule has 0 atom stereocenters. The number of thiophene rings is 1. The van der Waals surface area contributed by atoms with Crippen LogP contribution in [0.4, 0.5) is 0 Å². The van der Waals surface area contributed by atoms with Crippen LogP contribution in [-0.4, -0.2) is 25.0 Å². The molecule has 2 aromatic carbocycles. The average Bonchev–Trinajstić information content (AvgIpc) is 2.96. The number of hydrogen-bond donors (Lipinski definition) is 0. The molecule has 0 aliphatic carbocycles. The molecule has 0 aliphatic rings. The van der Waals surface area contributed by atoms with E-state index in [2.05, 4.69) is 19.1 Å². The van der Waals surface area contributed by atoms with E-state index in [1.807, 2.05) is 43.4 Å². The summed E-state index contributed by atoms with van der Waals surface area (Å²) in [4.78, 5) is 15.2. The summed E-state index contributed by atoms with van der Waals surface area (Å²) < 4.78 is 6.33. The van der Waals surface area contributed by atoms with Crippen molar-refractivity contribution in [2.24, 2.45) is 0 Å². The SMILES string of the molecule is COc1ccc2sc(C(=O)N(C)Cc3cccc(C)c3)cc2c1. The molecule has 0 unspecified atom stereocenters. The van der Waals surface area contributed by atoms with Gasteiger partial charge in [-0.25, -0.2) is 0 Å². The van der Waals surface area contributed by atoms with E-state index in [0.717, 1.165) is 26.3 Å². The largest absolute Gasteiger partial charge is 0.497 e. The Labute approximate surface area is 140 Å². The van der Waals surface area contributed by atoms with E-state index in [1.165, 1.54) is 16.9 Å². The van der Waals surface area contributed by atoms with Crippen molar-refractivity contribution in [2.75, 3.05) is 14.2 Å². The summed E-state index contributed by atoms with van der Waals surface area (Å²) in [5, 5.41) is 1.04. The number of fused-ring (bicyclic) bond motifs is 1. The number of carbonyl (C=O) groups is 1. The summed E-state index contributed by atoms with van der Waals surface area (Å²) in [5.74, 6) is 0.856. The third kappa shape index (κ3) is 3.37. The Morgan fingerprint density at radius 2 is 2.00 bits per heavy atom. The van der Waals surface area contributed by atoms with Crippen molar-refractivity contribution < 1.29 is 9.53 Å². The first-order valence-electron chi connectivity index (χ1n) is 7.45. The second-order valence-electron chi connectivity index (χ2n) is 5.66. The first-order valence-corrected chi connectivity index (χ1v) is 8.27. The summed E-state index contributed by atoms with van der Waals surface area (Å²) in [5.41, 5.74) is 2.35. The molecule has 3 aromatic rings. The van der Waals surface area contributed by atoms with Gasteiger partial charge in [-0.1, -0.05) is 29.8 Å². The number of amides is 1. The van der Waals surface area contributed by atoms with Crippen LogP contribution in [0.25, 0.3) is 10.1 Å². The van der Waals surface area contributed by atoms with E-state index >= 15 is 0 Å². The number of methoxy groups -OCH3 is 1. The summed E-state index contributed by atoms with van der Waals surface area (Å²) in [7, 11) is 3.49. The van der Waals surface area contributed by atoms with Gasteiger partial charge < -0.3 is 9.64 Å². The third-order valence-electron chi connectivity index (χ3n) is 3.78. The van der Waals surface area contributed by atoms with Crippen LogP contribution in [0.1, 0.15) is 20.8 Å². The molecular formula is C19H19NO2S. The van der Waals surface area contributed by atoms with Crippen molar-refractivity contribution in [2.45, 2.75) is 13.5 Å². The molecule has 118 valence electrons. The summed E-state index contributed by atoms with van der Waals surface area (Å²) >= 11 is 1.52. The lowest BCUT2D eigenvalue weighted by Crippen LogP contribution is -2.25. The summed E-state index contributed by atoms with van der Waals surface area (Å²) in [6.45, 7) is 2.67. The highest BCUT2D eigenvalue weighted by Gasteiger charge is 2.15. The molecule has 3 rings (SSSR count). The fourth-order valence-corrected chi connectivity index (χ4v) is 3.64. The molecule has 1 aromatic heterocycles. The normalized spacial score (nSPS) is 10.7. The summed E-state index contributed by atoms with van der Waals surface area (Å²) in [6, 6.07) is 16.1. The molecule has 23 heavy (non-hydrogen) atoms. The lowest BCUT2D eigenvalue weighted by atomic mass is 10.1. The Bertz CT molecular complexity index is 853. The lowest BCUT2D eigenvalue weighted by Gasteiger charge is -2.16. The van der Waals surface area contributed by atoms with E-state index in [0.29, 0.717) is 6.54 Å². The summed E-state index contributed by atoms with van der Waals surface area (Å²) in [6.07, 6.45) is 0. The highest BCUT2D eigenvalue weighted by atomic mass is 32.1. The van der Waals surface area contributed by atoms with Gasteiger partial charge in [0.1, 0.15) is 5.75 Å².